The molecule has 2 unspecified atom stereocenters. The molecule has 1 heterocycles. The zero-order valence-corrected chi connectivity index (χ0v) is 10.8. The molecule has 2 rings (SSSR count). The lowest BCUT2D eigenvalue weighted by atomic mass is 9.83. The number of likely N-dealkylation sites (tertiary alicyclic amines) is 1. The minimum atomic E-state index is 0.223. The molecule has 1 saturated carbocycles. The highest BCUT2D eigenvalue weighted by Gasteiger charge is 2.35. The number of piperidine rings is 1. The van der Waals surface area contributed by atoms with Crippen LogP contribution in [0.1, 0.15) is 39.0 Å². The Morgan fingerprint density at radius 2 is 2.19 bits per heavy atom. The van der Waals surface area contributed by atoms with Gasteiger partial charge in [-0.1, -0.05) is 12.8 Å². The zero-order valence-electron chi connectivity index (χ0n) is 10.8. The molecule has 2 fully saturated rings. The van der Waals surface area contributed by atoms with Crippen LogP contribution in [0.2, 0.25) is 0 Å². The van der Waals surface area contributed by atoms with Crippen molar-refractivity contribution in [1.29, 1.82) is 0 Å². The summed E-state index contributed by atoms with van der Waals surface area (Å²) in [5.41, 5.74) is 6.22. The largest absolute Gasteiger partial charge is 0.329 e. The van der Waals surface area contributed by atoms with E-state index >= 15 is 0 Å². The molecule has 16 heavy (non-hydrogen) atoms. The third-order valence-electron chi connectivity index (χ3n) is 4.52. The second kappa shape index (κ2) is 5.03. The van der Waals surface area contributed by atoms with E-state index in [2.05, 4.69) is 24.2 Å². The number of hydrogen-bond donors (Lipinski definition) is 2. The topological polar surface area (TPSA) is 41.3 Å². The molecule has 0 aromatic rings. The van der Waals surface area contributed by atoms with E-state index in [0.29, 0.717) is 6.04 Å². The SMILES string of the molecule is CC1CC(CN)(NCCC2CC2)CCN1C. The molecule has 3 heteroatoms. The van der Waals surface area contributed by atoms with Crippen LogP contribution in [0, 0.1) is 5.92 Å². The van der Waals surface area contributed by atoms with E-state index < -0.39 is 0 Å². The van der Waals surface area contributed by atoms with E-state index in [4.69, 9.17) is 5.73 Å². The van der Waals surface area contributed by atoms with Crippen molar-refractivity contribution >= 4 is 0 Å². The average Bonchev–Trinajstić information content (AvgIpc) is 3.08. The quantitative estimate of drug-likeness (QED) is 0.738. The summed E-state index contributed by atoms with van der Waals surface area (Å²) >= 11 is 0. The summed E-state index contributed by atoms with van der Waals surface area (Å²) in [5.74, 6) is 1.02. The smallest absolute Gasteiger partial charge is 0.0330 e. The van der Waals surface area contributed by atoms with E-state index in [1.165, 1.54) is 38.6 Å². The molecule has 0 radical (unpaired) electrons. The highest BCUT2D eigenvalue weighted by molar-refractivity contribution is 4.97. The Morgan fingerprint density at radius 1 is 1.44 bits per heavy atom. The lowest BCUT2D eigenvalue weighted by Crippen LogP contribution is -2.59. The first-order chi connectivity index (χ1) is 7.65. The van der Waals surface area contributed by atoms with Gasteiger partial charge in [-0.15, -0.1) is 0 Å². The number of nitrogens with one attached hydrogen (secondary N) is 1. The van der Waals surface area contributed by atoms with Crippen molar-refractivity contribution in [2.45, 2.75) is 50.6 Å². The summed E-state index contributed by atoms with van der Waals surface area (Å²) in [6.45, 7) is 5.44. The van der Waals surface area contributed by atoms with Gasteiger partial charge < -0.3 is 16.0 Å². The predicted octanol–water partition coefficient (Wildman–Crippen LogP) is 1.19. The molecule has 0 aromatic heterocycles. The molecule has 2 aliphatic rings. The van der Waals surface area contributed by atoms with Crippen LogP contribution in [-0.4, -0.2) is 43.2 Å². The molecular formula is C13H27N3. The Labute approximate surface area is 99.8 Å². The van der Waals surface area contributed by atoms with Gasteiger partial charge in [0.2, 0.25) is 0 Å². The molecule has 0 aromatic carbocycles. The van der Waals surface area contributed by atoms with Crippen molar-refractivity contribution in [3.05, 3.63) is 0 Å². The standard InChI is InChI=1S/C13H27N3/c1-11-9-13(10-14,6-8-16(11)2)15-7-5-12-3-4-12/h11-12,15H,3-10,14H2,1-2H3. The maximum absolute atomic E-state index is 6.00. The van der Waals surface area contributed by atoms with Gasteiger partial charge in [-0.2, -0.15) is 0 Å². The van der Waals surface area contributed by atoms with E-state index in [1.807, 2.05) is 0 Å². The van der Waals surface area contributed by atoms with Gasteiger partial charge in [-0.25, -0.2) is 0 Å². The highest BCUT2D eigenvalue weighted by atomic mass is 15.2. The second-order valence-corrected chi connectivity index (χ2v) is 5.93. The molecular weight excluding hydrogens is 198 g/mol. The first-order valence-electron chi connectivity index (χ1n) is 6.80. The van der Waals surface area contributed by atoms with Crippen molar-refractivity contribution in [2.24, 2.45) is 11.7 Å². The molecule has 0 spiro atoms. The van der Waals surface area contributed by atoms with E-state index in [0.717, 1.165) is 19.0 Å². The summed E-state index contributed by atoms with van der Waals surface area (Å²) in [5, 5.41) is 3.76. The summed E-state index contributed by atoms with van der Waals surface area (Å²) in [4.78, 5) is 2.44. The average molecular weight is 225 g/mol. The molecule has 1 saturated heterocycles. The first kappa shape index (κ1) is 12.3. The van der Waals surface area contributed by atoms with E-state index in [-0.39, 0.29) is 5.54 Å². The second-order valence-electron chi connectivity index (χ2n) is 5.93. The van der Waals surface area contributed by atoms with Crippen LogP contribution in [0.3, 0.4) is 0 Å². The van der Waals surface area contributed by atoms with Gasteiger partial charge >= 0.3 is 0 Å². The van der Waals surface area contributed by atoms with Crippen molar-refractivity contribution in [3.8, 4) is 0 Å². The van der Waals surface area contributed by atoms with Crippen molar-refractivity contribution < 1.29 is 0 Å². The van der Waals surface area contributed by atoms with Crippen molar-refractivity contribution in [2.75, 3.05) is 26.7 Å². The molecule has 0 amide bonds. The monoisotopic (exact) mass is 225 g/mol. The van der Waals surface area contributed by atoms with Gasteiger partial charge in [0.05, 0.1) is 0 Å². The number of hydrogen-bond acceptors (Lipinski definition) is 3. The number of nitrogens with two attached hydrogens (primary N) is 1. The van der Waals surface area contributed by atoms with Gasteiger partial charge in [0, 0.05) is 18.1 Å². The summed E-state index contributed by atoms with van der Waals surface area (Å²) in [6, 6.07) is 0.658. The van der Waals surface area contributed by atoms with Crippen molar-refractivity contribution in [3.63, 3.8) is 0 Å². The van der Waals surface area contributed by atoms with E-state index in [1.54, 1.807) is 0 Å². The number of nitrogens with zero attached hydrogens (tertiary/aromatic N) is 1. The summed E-state index contributed by atoms with van der Waals surface area (Å²) in [6.07, 6.45) is 6.67. The fourth-order valence-electron chi connectivity index (χ4n) is 2.80. The Balaban J connectivity index is 1.80. The van der Waals surface area contributed by atoms with Gasteiger partial charge in [0.15, 0.2) is 0 Å². The maximum atomic E-state index is 6.00. The van der Waals surface area contributed by atoms with Gasteiger partial charge in [0.1, 0.15) is 0 Å². The Bertz CT molecular complexity index is 227. The van der Waals surface area contributed by atoms with E-state index in [9.17, 15) is 0 Å². The normalized spacial score (nSPS) is 36.6. The summed E-state index contributed by atoms with van der Waals surface area (Å²) in [7, 11) is 2.22. The van der Waals surface area contributed by atoms with Crippen LogP contribution in [0.4, 0.5) is 0 Å². The zero-order chi connectivity index (χ0) is 11.6. The van der Waals surface area contributed by atoms with Gasteiger partial charge in [0.25, 0.3) is 0 Å². The predicted molar refractivity (Wildman–Crippen MR) is 68.5 cm³/mol. The molecule has 1 aliphatic heterocycles. The van der Waals surface area contributed by atoms with Gasteiger partial charge in [-0.05, 0) is 52.2 Å². The highest BCUT2D eigenvalue weighted by Crippen LogP contribution is 2.32. The lowest BCUT2D eigenvalue weighted by molar-refractivity contribution is 0.111. The molecule has 3 nitrogen and oxygen atoms in total. The molecule has 2 atom stereocenters. The summed E-state index contributed by atoms with van der Waals surface area (Å²) < 4.78 is 0. The number of rotatable bonds is 5. The van der Waals surface area contributed by atoms with Crippen LogP contribution in [0.15, 0.2) is 0 Å². The first-order valence-corrected chi connectivity index (χ1v) is 6.80. The minimum Gasteiger partial charge on any atom is -0.329 e. The Hall–Kier alpha value is -0.120. The lowest BCUT2D eigenvalue weighted by Gasteiger charge is -2.44. The third-order valence-corrected chi connectivity index (χ3v) is 4.52. The fourth-order valence-corrected chi connectivity index (χ4v) is 2.80. The van der Waals surface area contributed by atoms with Crippen LogP contribution in [-0.2, 0) is 0 Å². The van der Waals surface area contributed by atoms with Crippen LogP contribution >= 0.6 is 0 Å². The van der Waals surface area contributed by atoms with Gasteiger partial charge in [-0.3, -0.25) is 0 Å². The van der Waals surface area contributed by atoms with Crippen LogP contribution < -0.4 is 11.1 Å². The third kappa shape index (κ3) is 2.96. The maximum Gasteiger partial charge on any atom is 0.0330 e. The minimum absolute atomic E-state index is 0.223. The Morgan fingerprint density at radius 3 is 2.75 bits per heavy atom. The van der Waals surface area contributed by atoms with Crippen LogP contribution in [0.5, 0.6) is 0 Å². The molecule has 1 aliphatic carbocycles. The van der Waals surface area contributed by atoms with Crippen LogP contribution in [0.25, 0.3) is 0 Å². The molecule has 0 bridgehead atoms. The Kier molecular flexibility index (Phi) is 3.88. The van der Waals surface area contributed by atoms with Crippen molar-refractivity contribution in [1.82, 2.24) is 10.2 Å². The molecule has 94 valence electrons. The molecule has 3 N–H and O–H groups in total. The fraction of sp³-hybridized carbons (Fsp3) is 1.00.